The van der Waals surface area contributed by atoms with Crippen LogP contribution in [-0.2, 0) is 4.79 Å². The van der Waals surface area contributed by atoms with Crippen molar-refractivity contribution in [3.05, 3.63) is 57.6 Å². The highest BCUT2D eigenvalue weighted by atomic mass is 35.5. The molecule has 2 atom stereocenters. The number of halogens is 3. The maximum Gasteiger partial charge on any atom is 0.244 e. The molecule has 1 aromatic carbocycles. The third-order valence-electron chi connectivity index (χ3n) is 3.95. The molecule has 1 aliphatic rings. The van der Waals surface area contributed by atoms with Gasteiger partial charge in [0.1, 0.15) is 0 Å². The monoisotopic (exact) mass is 385 g/mol. The van der Waals surface area contributed by atoms with E-state index in [0.717, 1.165) is 17.6 Å². The molecule has 1 saturated carbocycles. The van der Waals surface area contributed by atoms with Crippen LogP contribution in [0.2, 0.25) is 10.0 Å². The van der Waals surface area contributed by atoms with E-state index in [2.05, 4.69) is 19.2 Å². The number of alkyl halides is 1. The standard InChI is InChI=1S/C19H22Cl3NO/c1-12(2)11-23-18(24)8-13(3)6-7-19(22)10-15(19)14-4-5-16(20)17(21)9-14/h4-9,12,15H,10-11H2,1-3H3,(H,23,24)/b7-6+,13-8+/t15?,19-/m0/s1. The summed E-state index contributed by atoms with van der Waals surface area (Å²) >= 11 is 18.6. The minimum atomic E-state index is -0.416. The maximum absolute atomic E-state index is 11.8. The van der Waals surface area contributed by atoms with Crippen LogP contribution < -0.4 is 5.32 Å². The normalized spacial score (nSPS) is 23.8. The summed E-state index contributed by atoms with van der Waals surface area (Å²) in [4.78, 5) is 11.4. The summed E-state index contributed by atoms with van der Waals surface area (Å²) in [7, 11) is 0. The molecule has 1 N–H and O–H groups in total. The largest absolute Gasteiger partial charge is 0.352 e. The van der Waals surface area contributed by atoms with Gasteiger partial charge in [0.05, 0.1) is 14.9 Å². The van der Waals surface area contributed by atoms with Gasteiger partial charge < -0.3 is 5.32 Å². The van der Waals surface area contributed by atoms with Crippen molar-refractivity contribution in [2.45, 2.75) is 38.0 Å². The molecule has 130 valence electrons. The van der Waals surface area contributed by atoms with Gasteiger partial charge in [-0.05, 0) is 42.5 Å². The number of carbonyl (C=O) groups excluding carboxylic acids is 1. The first-order chi connectivity index (χ1) is 11.2. The lowest BCUT2D eigenvalue weighted by molar-refractivity contribution is -0.116. The Bertz CT molecular complexity index is 681. The molecule has 2 rings (SSSR count). The Hall–Kier alpha value is -0.960. The van der Waals surface area contributed by atoms with Crippen molar-refractivity contribution < 1.29 is 4.79 Å². The van der Waals surface area contributed by atoms with Crippen molar-refractivity contribution in [3.63, 3.8) is 0 Å². The van der Waals surface area contributed by atoms with Crippen LogP contribution in [0.5, 0.6) is 0 Å². The number of carbonyl (C=O) groups is 1. The lowest BCUT2D eigenvalue weighted by atomic mass is 10.1. The van der Waals surface area contributed by atoms with Gasteiger partial charge >= 0.3 is 0 Å². The highest BCUT2D eigenvalue weighted by Crippen LogP contribution is 2.58. The van der Waals surface area contributed by atoms with E-state index in [1.165, 1.54) is 0 Å². The first kappa shape index (κ1) is 19.4. The topological polar surface area (TPSA) is 29.1 Å². The molecule has 0 saturated heterocycles. The Balaban J connectivity index is 1.96. The van der Waals surface area contributed by atoms with Crippen molar-refractivity contribution in [2.75, 3.05) is 6.54 Å². The van der Waals surface area contributed by atoms with E-state index < -0.39 is 4.87 Å². The van der Waals surface area contributed by atoms with E-state index in [1.54, 1.807) is 12.1 Å². The second-order valence-corrected chi connectivity index (χ2v) is 8.24. The summed E-state index contributed by atoms with van der Waals surface area (Å²) in [5.41, 5.74) is 1.96. The molecular formula is C19H22Cl3NO. The zero-order valence-corrected chi connectivity index (χ0v) is 16.3. The first-order valence-corrected chi connectivity index (χ1v) is 9.14. The Morgan fingerprint density at radius 2 is 2.08 bits per heavy atom. The van der Waals surface area contributed by atoms with Gasteiger partial charge in [0, 0.05) is 18.5 Å². The molecule has 5 heteroatoms. The Kier molecular flexibility index (Phi) is 6.41. The van der Waals surface area contributed by atoms with Gasteiger partial charge in [0.25, 0.3) is 0 Å². The van der Waals surface area contributed by atoms with E-state index in [9.17, 15) is 4.79 Å². The number of amides is 1. The van der Waals surface area contributed by atoms with Crippen LogP contribution in [0.25, 0.3) is 0 Å². The van der Waals surface area contributed by atoms with Gasteiger partial charge in [-0.15, -0.1) is 11.6 Å². The van der Waals surface area contributed by atoms with Crippen LogP contribution in [0.4, 0.5) is 0 Å². The average molecular weight is 387 g/mol. The predicted molar refractivity (Wildman–Crippen MR) is 103 cm³/mol. The second-order valence-electron chi connectivity index (χ2n) is 6.72. The fourth-order valence-electron chi connectivity index (χ4n) is 2.44. The zero-order chi connectivity index (χ0) is 17.9. The third-order valence-corrected chi connectivity index (χ3v) is 5.23. The van der Waals surface area contributed by atoms with Gasteiger partial charge in [0.15, 0.2) is 0 Å². The van der Waals surface area contributed by atoms with Crippen LogP contribution in [0.1, 0.15) is 38.7 Å². The fourth-order valence-corrected chi connectivity index (χ4v) is 3.09. The molecule has 1 aliphatic carbocycles. The molecule has 0 aliphatic heterocycles. The third kappa shape index (κ3) is 5.27. The van der Waals surface area contributed by atoms with Crippen molar-refractivity contribution in [2.24, 2.45) is 5.92 Å². The molecule has 0 bridgehead atoms. The molecular weight excluding hydrogens is 365 g/mol. The number of hydrogen-bond donors (Lipinski definition) is 1. The smallest absolute Gasteiger partial charge is 0.244 e. The molecule has 0 heterocycles. The van der Waals surface area contributed by atoms with E-state index in [0.29, 0.717) is 22.5 Å². The van der Waals surface area contributed by atoms with E-state index in [-0.39, 0.29) is 11.8 Å². The summed E-state index contributed by atoms with van der Waals surface area (Å²) in [6, 6.07) is 5.62. The van der Waals surface area contributed by atoms with Crippen molar-refractivity contribution in [3.8, 4) is 0 Å². The van der Waals surface area contributed by atoms with Crippen molar-refractivity contribution in [1.29, 1.82) is 0 Å². The maximum atomic E-state index is 11.8. The highest BCUT2D eigenvalue weighted by molar-refractivity contribution is 6.42. The fraction of sp³-hybridized carbons (Fsp3) is 0.421. The van der Waals surface area contributed by atoms with E-state index in [4.69, 9.17) is 34.8 Å². The summed E-state index contributed by atoms with van der Waals surface area (Å²) in [5, 5.41) is 3.95. The molecule has 0 spiro atoms. The summed E-state index contributed by atoms with van der Waals surface area (Å²) in [5.74, 6) is 0.571. The number of nitrogens with one attached hydrogen (secondary N) is 1. The van der Waals surface area contributed by atoms with Gasteiger partial charge in [-0.3, -0.25) is 4.79 Å². The number of allylic oxidation sites excluding steroid dienone is 3. The van der Waals surface area contributed by atoms with Crippen molar-refractivity contribution >= 4 is 40.7 Å². The highest BCUT2D eigenvalue weighted by Gasteiger charge is 2.51. The summed E-state index contributed by atoms with van der Waals surface area (Å²) in [6.07, 6.45) is 6.30. The number of benzene rings is 1. The van der Waals surface area contributed by atoms with Gasteiger partial charge in [-0.1, -0.05) is 55.3 Å². The molecule has 0 aromatic heterocycles. The lowest BCUT2D eigenvalue weighted by Crippen LogP contribution is -2.25. The second kappa shape index (κ2) is 7.95. The Labute approximate surface area is 158 Å². The average Bonchev–Trinajstić information content (AvgIpc) is 3.18. The van der Waals surface area contributed by atoms with Crippen LogP contribution in [-0.4, -0.2) is 17.3 Å². The SMILES string of the molecule is CC(/C=C/[C@]1(Cl)CC1c1ccc(Cl)c(Cl)c1)=C\C(=O)NCC(C)C. The summed E-state index contributed by atoms with van der Waals surface area (Å²) < 4.78 is 0. The molecule has 0 radical (unpaired) electrons. The lowest BCUT2D eigenvalue weighted by Gasteiger charge is -2.06. The Morgan fingerprint density at radius 3 is 2.71 bits per heavy atom. The van der Waals surface area contributed by atoms with Crippen LogP contribution in [0, 0.1) is 5.92 Å². The number of hydrogen-bond acceptors (Lipinski definition) is 1. The number of rotatable bonds is 6. The zero-order valence-electron chi connectivity index (χ0n) is 14.1. The van der Waals surface area contributed by atoms with E-state index >= 15 is 0 Å². The van der Waals surface area contributed by atoms with Gasteiger partial charge in [-0.25, -0.2) is 0 Å². The van der Waals surface area contributed by atoms with Crippen LogP contribution >= 0.6 is 34.8 Å². The molecule has 1 aromatic rings. The quantitative estimate of drug-likeness (QED) is 0.377. The molecule has 24 heavy (non-hydrogen) atoms. The minimum Gasteiger partial charge on any atom is -0.352 e. The molecule has 1 fully saturated rings. The first-order valence-electron chi connectivity index (χ1n) is 8.00. The Morgan fingerprint density at radius 1 is 1.38 bits per heavy atom. The summed E-state index contributed by atoms with van der Waals surface area (Å²) in [6.45, 7) is 6.68. The van der Waals surface area contributed by atoms with Crippen molar-refractivity contribution in [1.82, 2.24) is 5.32 Å². The predicted octanol–water partition coefficient (Wildman–Crippen LogP) is 5.73. The van der Waals surface area contributed by atoms with Crippen LogP contribution in [0.15, 0.2) is 42.0 Å². The minimum absolute atomic E-state index is 0.0775. The molecule has 1 amide bonds. The molecule has 2 nitrogen and oxygen atoms in total. The van der Waals surface area contributed by atoms with E-state index in [1.807, 2.05) is 31.2 Å². The van der Waals surface area contributed by atoms with Gasteiger partial charge in [0.2, 0.25) is 5.91 Å². The molecule has 1 unspecified atom stereocenters. The van der Waals surface area contributed by atoms with Crippen LogP contribution in [0.3, 0.4) is 0 Å². The van der Waals surface area contributed by atoms with Gasteiger partial charge in [-0.2, -0.15) is 0 Å².